The van der Waals surface area contributed by atoms with E-state index in [1.54, 1.807) is 6.07 Å². The fourth-order valence-corrected chi connectivity index (χ4v) is 2.24. The number of benzene rings is 1. The summed E-state index contributed by atoms with van der Waals surface area (Å²) in [5.41, 5.74) is 6.40. The molecule has 0 bridgehead atoms. The van der Waals surface area contributed by atoms with Crippen LogP contribution in [-0.4, -0.2) is 13.1 Å². The maximum atomic E-state index is 13.6. The van der Waals surface area contributed by atoms with Crippen LogP contribution in [-0.2, 0) is 0 Å². The molecule has 0 radical (unpaired) electrons. The molecule has 17 heavy (non-hydrogen) atoms. The van der Waals surface area contributed by atoms with Crippen LogP contribution in [0, 0.1) is 17.7 Å². The van der Waals surface area contributed by atoms with E-state index < -0.39 is 0 Å². The van der Waals surface area contributed by atoms with Crippen molar-refractivity contribution >= 4 is 0 Å². The first-order chi connectivity index (χ1) is 8.22. The molecule has 0 saturated heterocycles. The molecule has 0 amide bonds. The fraction of sp³-hybridized carbons (Fsp3) is 0.571. The minimum absolute atomic E-state index is 0.0719. The third-order valence-electron chi connectivity index (χ3n) is 3.63. The van der Waals surface area contributed by atoms with Gasteiger partial charge >= 0.3 is 0 Å². The summed E-state index contributed by atoms with van der Waals surface area (Å²) >= 11 is 0. The van der Waals surface area contributed by atoms with Gasteiger partial charge in [-0.15, -0.1) is 0 Å². The number of hydrogen-bond acceptors (Lipinski definition) is 2. The van der Waals surface area contributed by atoms with E-state index in [1.165, 1.54) is 18.9 Å². The van der Waals surface area contributed by atoms with Gasteiger partial charge in [-0.05, 0) is 37.3 Å². The van der Waals surface area contributed by atoms with Gasteiger partial charge in [0.05, 0.1) is 0 Å². The average molecular weight is 236 g/mol. The van der Waals surface area contributed by atoms with Crippen molar-refractivity contribution in [1.29, 1.82) is 0 Å². The maximum Gasteiger partial charge on any atom is 0.128 e. The molecule has 1 fully saturated rings. The van der Waals surface area contributed by atoms with Crippen LogP contribution in [0.3, 0.4) is 0 Å². The lowest BCUT2D eigenvalue weighted by atomic mass is 10.0. The maximum absolute atomic E-state index is 13.6. The third-order valence-corrected chi connectivity index (χ3v) is 3.63. The van der Waals surface area contributed by atoms with Gasteiger partial charge in [-0.2, -0.15) is 0 Å². The zero-order valence-corrected chi connectivity index (χ0v) is 10.3. The second-order valence-corrected chi connectivity index (χ2v) is 5.03. The van der Waals surface area contributed by atoms with Gasteiger partial charge in [-0.25, -0.2) is 4.39 Å². The van der Waals surface area contributed by atoms with Crippen LogP contribution in [0.5, 0.6) is 0 Å². The lowest BCUT2D eigenvalue weighted by molar-refractivity contribution is 0.415. The highest BCUT2D eigenvalue weighted by Crippen LogP contribution is 2.36. The van der Waals surface area contributed by atoms with E-state index in [2.05, 4.69) is 12.2 Å². The number of nitrogens with one attached hydrogen (secondary N) is 1. The van der Waals surface area contributed by atoms with E-state index >= 15 is 0 Å². The highest BCUT2D eigenvalue weighted by molar-refractivity contribution is 5.21. The minimum atomic E-state index is -0.172. The summed E-state index contributed by atoms with van der Waals surface area (Å²) in [6, 6.07) is 6.79. The Morgan fingerprint density at radius 2 is 2.12 bits per heavy atom. The van der Waals surface area contributed by atoms with Crippen LogP contribution >= 0.6 is 0 Å². The molecule has 1 aliphatic carbocycles. The normalized spacial score (nSPS) is 19.0. The van der Waals surface area contributed by atoms with Crippen molar-refractivity contribution in [1.82, 2.24) is 5.32 Å². The zero-order valence-electron chi connectivity index (χ0n) is 10.3. The second kappa shape index (κ2) is 5.61. The van der Waals surface area contributed by atoms with Gasteiger partial charge in [0.2, 0.25) is 0 Å². The predicted octanol–water partition coefficient (Wildman–Crippen LogP) is 2.46. The van der Waals surface area contributed by atoms with Crippen molar-refractivity contribution in [2.45, 2.75) is 25.8 Å². The van der Waals surface area contributed by atoms with Gasteiger partial charge in [0.15, 0.2) is 0 Å². The van der Waals surface area contributed by atoms with E-state index in [0.717, 1.165) is 12.5 Å². The number of hydrogen-bond donors (Lipinski definition) is 2. The van der Waals surface area contributed by atoms with Gasteiger partial charge in [-0.1, -0.05) is 25.1 Å². The van der Waals surface area contributed by atoms with Crippen LogP contribution in [0.15, 0.2) is 24.3 Å². The van der Waals surface area contributed by atoms with Gasteiger partial charge in [-0.3, -0.25) is 0 Å². The topological polar surface area (TPSA) is 38.0 Å². The van der Waals surface area contributed by atoms with Crippen molar-refractivity contribution in [3.8, 4) is 0 Å². The summed E-state index contributed by atoms with van der Waals surface area (Å²) in [6.45, 7) is 3.60. The molecule has 1 aliphatic rings. The summed E-state index contributed by atoms with van der Waals surface area (Å²) in [4.78, 5) is 0. The first-order valence-corrected chi connectivity index (χ1v) is 6.40. The molecule has 94 valence electrons. The zero-order chi connectivity index (χ0) is 12.3. The number of halogens is 1. The molecule has 1 saturated carbocycles. The van der Waals surface area contributed by atoms with E-state index in [4.69, 9.17) is 5.73 Å². The van der Waals surface area contributed by atoms with Gasteiger partial charge in [0.25, 0.3) is 0 Å². The Balaban J connectivity index is 1.93. The molecule has 0 spiro atoms. The Morgan fingerprint density at radius 3 is 2.71 bits per heavy atom. The SMILES string of the molecule is CC(CNC(CN)c1ccccc1F)C1CC1. The summed E-state index contributed by atoms with van der Waals surface area (Å²) in [5, 5.41) is 3.38. The van der Waals surface area contributed by atoms with Crippen LogP contribution in [0.25, 0.3) is 0 Å². The Hall–Kier alpha value is -0.930. The van der Waals surface area contributed by atoms with E-state index in [9.17, 15) is 4.39 Å². The molecular formula is C14H21FN2. The quantitative estimate of drug-likeness (QED) is 0.796. The van der Waals surface area contributed by atoms with Crippen LogP contribution in [0.2, 0.25) is 0 Å². The first-order valence-electron chi connectivity index (χ1n) is 6.40. The van der Waals surface area contributed by atoms with Crippen LogP contribution < -0.4 is 11.1 Å². The third kappa shape index (κ3) is 3.27. The first kappa shape index (κ1) is 12.5. The van der Waals surface area contributed by atoms with E-state index in [-0.39, 0.29) is 11.9 Å². The molecule has 1 aromatic carbocycles. The monoisotopic (exact) mass is 236 g/mol. The van der Waals surface area contributed by atoms with Gasteiger partial charge in [0, 0.05) is 18.2 Å². The summed E-state index contributed by atoms with van der Waals surface area (Å²) in [6.07, 6.45) is 2.69. The standard InChI is InChI=1S/C14H21FN2/c1-10(11-6-7-11)9-17-14(8-16)12-4-2-3-5-13(12)15/h2-5,10-11,14,17H,6-9,16H2,1H3. The molecule has 0 heterocycles. The summed E-state index contributed by atoms with van der Waals surface area (Å²) in [7, 11) is 0. The minimum Gasteiger partial charge on any atom is -0.329 e. The number of rotatable bonds is 6. The lowest BCUT2D eigenvalue weighted by Gasteiger charge is -2.20. The van der Waals surface area contributed by atoms with Crippen molar-refractivity contribution in [2.75, 3.05) is 13.1 Å². The Kier molecular flexibility index (Phi) is 4.13. The average Bonchev–Trinajstić information content (AvgIpc) is 3.15. The highest BCUT2D eigenvalue weighted by Gasteiger charge is 2.28. The molecule has 0 aromatic heterocycles. The molecule has 3 heteroatoms. The molecular weight excluding hydrogens is 215 g/mol. The molecule has 2 nitrogen and oxygen atoms in total. The number of nitrogens with two attached hydrogens (primary N) is 1. The van der Waals surface area contributed by atoms with E-state index in [0.29, 0.717) is 18.0 Å². The molecule has 1 aromatic rings. The lowest BCUT2D eigenvalue weighted by Crippen LogP contribution is -2.32. The highest BCUT2D eigenvalue weighted by atomic mass is 19.1. The molecule has 0 aliphatic heterocycles. The summed E-state index contributed by atoms with van der Waals surface area (Å²) < 4.78 is 13.6. The fourth-order valence-electron chi connectivity index (χ4n) is 2.24. The molecule has 2 atom stereocenters. The van der Waals surface area contributed by atoms with Crippen LogP contribution in [0.4, 0.5) is 4.39 Å². The molecule has 3 N–H and O–H groups in total. The molecule has 2 unspecified atom stereocenters. The molecule has 2 rings (SSSR count). The Labute approximate surface area is 102 Å². The Morgan fingerprint density at radius 1 is 1.41 bits per heavy atom. The van der Waals surface area contributed by atoms with Crippen molar-refractivity contribution in [2.24, 2.45) is 17.6 Å². The van der Waals surface area contributed by atoms with Gasteiger partial charge in [0.1, 0.15) is 5.82 Å². The van der Waals surface area contributed by atoms with Crippen LogP contribution in [0.1, 0.15) is 31.4 Å². The van der Waals surface area contributed by atoms with Gasteiger partial charge < -0.3 is 11.1 Å². The second-order valence-electron chi connectivity index (χ2n) is 5.03. The summed E-state index contributed by atoms with van der Waals surface area (Å²) in [5.74, 6) is 1.35. The van der Waals surface area contributed by atoms with Crippen molar-refractivity contribution in [3.63, 3.8) is 0 Å². The predicted molar refractivity (Wildman–Crippen MR) is 68.1 cm³/mol. The smallest absolute Gasteiger partial charge is 0.128 e. The van der Waals surface area contributed by atoms with Crippen molar-refractivity contribution in [3.05, 3.63) is 35.6 Å². The van der Waals surface area contributed by atoms with Crippen molar-refractivity contribution < 1.29 is 4.39 Å². The largest absolute Gasteiger partial charge is 0.329 e. The Bertz CT molecular complexity index is 363. The van der Waals surface area contributed by atoms with E-state index in [1.807, 2.05) is 12.1 Å².